The van der Waals surface area contributed by atoms with Crippen LogP contribution in [0.25, 0.3) is 0 Å². The van der Waals surface area contributed by atoms with Crippen molar-refractivity contribution >= 4 is 15.9 Å². The van der Waals surface area contributed by atoms with Crippen molar-refractivity contribution < 1.29 is 17.7 Å². The van der Waals surface area contributed by atoms with Crippen molar-refractivity contribution in [3.63, 3.8) is 0 Å². The molecule has 3 atom stereocenters. The minimum absolute atomic E-state index is 0.0113. The van der Waals surface area contributed by atoms with E-state index in [0.29, 0.717) is 36.8 Å². The maximum Gasteiger partial charge on any atom is 0.270 e. The molecule has 3 heterocycles. The van der Waals surface area contributed by atoms with Crippen molar-refractivity contribution in [1.82, 2.24) is 29.7 Å². The minimum Gasteiger partial charge on any atom is -0.348 e. The first-order chi connectivity index (χ1) is 12.8. The van der Waals surface area contributed by atoms with Gasteiger partial charge in [-0.1, -0.05) is 5.16 Å². The van der Waals surface area contributed by atoms with Crippen LogP contribution in [-0.4, -0.2) is 64.1 Å². The molecule has 0 aromatic carbocycles. The van der Waals surface area contributed by atoms with Gasteiger partial charge in [0.15, 0.2) is 5.82 Å². The Morgan fingerprint density at radius 1 is 1.44 bits per heavy atom. The molecule has 1 amide bonds. The first-order valence-electron chi connectivity index (χ1n) is 8.61. The largest absolute Gasteiger partial charge is 0.348 e. The van der Waals surface area contributed by atoms with E-state index in [4.69, 9.17) is 4.52 Å². The zero-order valence-electron chi connectivity index (χ0n) is 15.0. The van der Waals surface area contributed by atoms with Crippen LogP contribution in [0.3, 0.4) is 0 Å². The second-order valence-electron chi connectivity index (χ2n) is 7.26. The summed E-state index contributed by atoms with van der Waals surface area (Å²) >= 11 is 0. The summed E-state index contributed by atoms with van der Waals surface area (Å²) in [5, 5.41) is 6.87. The topological polar surface area (TPSA) is 131 Å². The van der Waals surface area contributed by atoms with E-state index in [1.165, 1.54) is 23.1 Å². The monoisotopic (exact) mass is 392 g/mol. The summed E-state index contributed by atoms with van der Waals surface area (Å²) in [5.74, 6) is 0.654. The molecule has 2 aliphatic rings. The van der Waals surface area contributed by atoms with Gasteiger partial charge in [-0.25, -0.2) is 22.7 Å². The Bertz CT molecular complexity index is 962. The number of carbonyl (C=O) groups is 1. The summed E-state index contributed by atoms with van der Waals surface area (Å²) in [6.45, 7) is 2.38. The van der Waals surface area contributed by atoms with Gasteiger partial charge in [-0.2, -0.15) is 4.98 Å². The summed E-state index contributed by atoms with van der Waals surface area (Å²) in [6, 6.07) is 1.42. The highest BCUT2D eigenvalue weighted by Gasteiger charge is 2.59. The number of hydrogen-bond acceptors (Lipinski definition) is 8. The molecule has 11 heteroatoms. The molecule has 27 heavy (non-hydrogen) atoms. The lowest BCUT2D eigenvalue weighted by Crippen LogP contribution is -2.39. The van der Waals surface area contributed by atoms with Gasteiger partial charge in [0, 0.05) is 25.3 Å². The molecule has 10 nitrogen and oxygen atoms in total. The molecule has 1 saturated carbocycles. The van der Waals surface area contributed by atoms with Crippen LogP contribution in [0, 0.1) is 12.8 Å². The van der Waals surface area contributed by atoms with Crippen LogP contribution in [-0.2, 0) is 15.4 Å². The molecule has 0 unspecified atom stereocenters. The van der Waals surface area contributed by atoms with Crippen molar-refractivity contribution in [2.45, 2.75) is 31.2 Å². The summed E-state index contributed by atoms with van der Waals surface area (Å²) < 4.78 is 31.0. The Hall–Kier alpha value is -2.40. The Morgan fingerprint density at radius 3 is 2.89 bits per heavy atom. The summed E-state index contributed by atoms with van der Waals surface area (Å²) in [5.41, 5.74) is -0.295. The van der Waals surface area contributed by atoms with Crippen molar-refractivity contribution in [2.24, 2.45) is 5.92 Å². The highest BCUT2D eigenvalue weighted by Crippen LogP contribution is 2.50. The standard InChI is InChI=1S/C16H20N6O4S/c1-10-19-15(26-21-10)16-6-12(20-14(23)13-3-4-17-9-18-13)5-11(16)7-22(8-16)27(2,24)25/h3-4,9,11-12H,5-8H2,1-2H3,(H,20,23)/t11-,12+,16-/m0/s1. The second-order valence-corrected chi connectivity index (χ2v) is 9.24. The molecule has 0 bridgehead atoms. The third-order valence-corrected chi connectivity index (χ3v) is 6.63. The van der Waals surface area contributed by atoms with Crippen LogP contribution in [0.15, 0.2) is 23.1 Å². The average Bonchev–Trinajstić information content (AvgIpc) is 3.27. The molecule has 2 aromatic heterocycles. The van der Waals surface area contributed by atoms with Crippen LogP contribution in [0.5, 0.6) is 0 Å². The van der Waals surface area contributed by atoms with Crippen molar-refractivity contribution in [3.05, 3.63) is 36.0 Å². The van der Waals surface area contributed by atoms with Crippen molar-refractivity contribution in [1.29, 1.82) is 0 Å². The smallest absolute Gasteiger partial charge is 0.270 e. The van der Waals surface area contributed by atoms with Crippen LogP contribution >= 0.6 is 0 Å². The quantitative estimate of drug-likeness (QED) is 0.762. The number of aryl methyl sites for hydroxylation is 1. The first kappa shape index (κ1) is 18.0. The lowest BCUT2D eigenvalue weighted by atomic mass is 9.80. The summed E-state index contributed by atoms with van der Waals surface area (Å²) in [6.07, 6.45) is 5.20. The van der Waals surface area contributed by atoms with Gasteiger partial charge < -0.3 is 9.84 Å². The number of sulfonamides is 1. The maximum absolute atomic E-state index is 12.4. The number of rotatable bonds is 4. The Kier molecular flexibility index (Phi) is 4.22. The predicted octanol–water partition coefficient (Wildman–Crippen LogP) is -0.110. The second kappa shape index (κ2) is 6.34. The number of nitrogens with one attached hydrogen (secondary N) is 1. The molecule has 2 aromatic rings. The van der Waals surface area contributed by atoms with Gasteiger partial charge in [-0.15, -0.1) is 0 Å². The maximum atomic E-state index is 12.4. The molecule has 1 saturated heterocycles. The number of fused-ring (bicyclic) bond motifs is 1. The molecule has 1 aliphatic carbocycles. The predicted molar refractivity (Wildman–Crippen MR) is 93.1 cm³/mol. The summed E-state index contributed by atoms with van der Waals surface area (Å²) in [7, 11) is -3.33. The van der Waals surface area contributed by atoms with Crippen LogP contribution in [0.1, 0.15) is 35.0 Å². The fourth-order valence-electron chi connectivity index (χ4n) is 4.20. The number of carbonyl (C=O) groups excluding carboxylic acids is 1. The van der Waals surface area contributed by atoms with E-state index in [1.54, 1.807) is 13.0 Å². The van der Waals surface area contributed by atoms with E-state index >= 15 is 0 Å². The molecule has 4 rings (SSSR count). The number of hydrogen-bond donors (Lipinski definition) is 1. The van der Waals surface area contributed by atoms with Gasteiger partial charge in [0.2, 0.25) is 15.9 Å². The van der Waals surface area contributed by atoms with Gasteiger partial charge in [0.05, 0.1) is 11.7 Å². The fourth-order valence-corrected chi connectivity index (χ4v) is 5.12. The highest BCUT2D eigenvalue weighted by molar-refractivity contribution is 7.88. The lowest BCUT2D eigenvalue weighted by Gasteiger charge is -2.24. The third kappa shape index (κ3) is 3.21. The van der Waals surface area contributed by atoms with Crippen molar-refractivity contribution in [3.8, 4) is 0 Å². The van der Waals surface area contributed by atoms with E-state index in [1.807, 2.05) is 0 Å². The molecule has 1 N–H and O–H groups in total. The Balaban J connectivity index is 1.59. The van der Waals surface area contributed by atoms with Crippen LogP contribution in [0.4, 0.5) is 0 Å². The van der Waals surface area contributed by atoms with E-state index in [2.05, 4.69) is 25.4 Å². The zero-order chi connectivity index (χ0) is 19.2. The summed E-state index contributed by atoms with van der Waals surface area (Å²) in [4.78, 5) is 24.6. The number of aromatic nitrogens is 4. The molecule has 144 valence electrons. The fraction of sp³-hybridized carbons (Fsp3) is 0.562. The average molecular weight is 392 g/mol. The number of amides is 1. The van der Waals surface area contributed by atoms with E-state index in [0.717, 1.165) is 0 Å². The highest BCUT2D eigenvalue weighted by atomic mass is 32.2. The molecule has 0 spiro atoms. The molecule has 1 aliphatic heterocycles. The van der Waals surface area contributed by atoms with E-state index in [-0.39, 0.29) is 24.4 Å². The molecular formula is C16H20N6O4S. The SMILES string of the molecule is Cc1noc([C@]23C[C@H](NC(=O)c4ccncn4)C[C@H]2CN(S(C)(=O)=O)C3)n1. The van der Waals surface area contributed by atoms with Gasteiger partial charge in [0.25, 0.3) is 5.91 Å². The zero-order valence-corrected chi connectivity index (χ0v) is 15.8. The van der Waals surface area contributed by atoms with Crippen molar-refractivity contribution in [2.75, 3.05) is 19.3 Å². The van der Waals surface area contributed by atoms with E-state index < -0.39 is 15.4 Å². The van der Waals surface area contributed by atoms with Crippen LogP contribution < -0.4 is 5.32 Å². The van der Waals surface area contributed by atoms with Gasteiger partial charge in [-0.05, 0) is 31.7 Å². The van der Waals surface area contributed by atoms with Gasteiger partial charge >= 0.3 is 0 Å². The minimum atomic E-state index is -3.33. The molecular weight excluding hydrogens is 372 g/mol. The normalized spacial score (nSPS) is 28.2. The Labute approximate surface area is 156 Å². The number of nitrogens with zero attached hydrogens (tertiary/aromatic N) is 5. The third-order valence-electron chi connectivity index (χ3n) is 5.42. The first-order valence-corrected chi connectivity index (χ1v) is 10.5. The Morgan fingerprint density at radius 2 is 2.26 bits per heavy atom. The van der Waals surface area contributed by atoms with E-state index in [9.17, 15) is 13.2 Å². The lowest BCUT2D eigenvalue weighted by molar-refractivity contribution is 0.0929. The molecule has 0 radical (unpaired) electrons. The van der Waals surface area contributed by atoms with Crippen LogP contribution in [0.2, 0.25) is 0 Å². The van der Waals surface area contributed by atoms with Gasteiger partial charge in [-0.3, -0.25) is 4.79 Å². The van der Waals surface area contributed by atoms with Gasteiger partial charge in [0.1, 0.15) is 12.0 Å². The molecule has 2 fully saturated rings.